The molecule has 2 aliphatic rings. The van der Waals surface area contributed by atoms with Gasteiger partial charge in [-0.1, -0.05) is 32.1 Å². The van der Waals surface area contributed by atoms with Crippen molar-refractivity contribution in [1.82, 2.24) is 10.6 Å². The highest BCUT2D eigenvalue weighted by Crippen LogP contribution is 2.28. The van der Waals surface area contributed by atoms with E-state index >= 15 is 0 Å². The molecule has 2 fully saturated rings. The van der Waals surface area contributed by atoms with Gasteiger partial charge in [0.05, 0.1) is 0 Å². The van der Waals surface area contributed by atoms with Crippen molar-refractivity contribution in [1.29, 1.82) is 0 Å². The lowest BCUT2D eigenvalue weighted by atomic mass is 9.87. The van der Waals surface area contributed by atoms with Crippen molar-refractivity contribution >= 4 is 29.9 Å². The van der Waals surface area contributed by atoms with E-state index in [9.17, 15) is 0 Å². The molecule has 0 amide bonds. The van der Waals surface area contributed by atoms with Gasteiger partial charge in [0.1, 0.15) is 0 Å². The minimum atomic E-state index is 0. The summed E-state index contributed by atoms with van der Waals surface area (Å²) in [5.41, 5.74) is 0. The van der Waals surface area contributed by atoms with Gasteiger partial charge in [0.2, 0.25) is 0 Å². The number of guanidine groups is 1. The second-order valence-electron chi connectivity index (χ2n) is 6.59. The van der Waals surface area contributed by atoms with Crippen molar-refractivity contribution in [2.24, 2.45) is 16.8 Å². The van der Waals surface area contributed by atoms with Gasteiger partial charge in [0.25, 0.3) is 0 Å². The molecule has 0 aromatic rings. The molecule has 5 heteroatoms. The summed E-state index contributed by atoms with van der Waals surface area (Å²) in [6.07, 6.45) is 12.2. The number of nitrogens with zero attached hydrogens (tertiary/aromatic N) is 1. The third-order valence-electron chi connectivity index (χ3n) is 4.60. The van der Waals surface area contributed by atoms with Crippen LogP contribution in [0.15, 0.2) is 4.99 Å². The first-order valence-electron chi connectivity index (χ1n) is 8.90. The fraction of sp³-hybridized carbons (Fsp3) is 0.941. The summed E-state index contributed by atoms with van der Waals surface area (Å²) in [5.74, 6) is 2.74. The molecule has 4 nitrogen and oxygen atoms in total. The number of nitrogens with one attached hydrogen (secondary N) is 2. The minimum Gasteiger partial charge on any atom is -0.381 e. The van der Waals surface area contributed by atoms with Gasteiger partial charge in [0.15, 0.2) is 5.96 Å². The zero-order chi connectivity index (χ0) is 14.8. The molecular weight excluding hydrogens is 389 g/mol. The van der Waals surface area contributed by atoms with Crippen molar-refractivity contribution in [3.05, 3.63) is 0 Å². The average molecular weight is 423 g/mol. The molecule has 22 heavy (non-hydrogen) atoms. The van der Waals surface area contributed by atoms with Crippen LogP contribution in [0, 0.1) is 11.8 Å². The van der Waals surface area contributed by atoms with E-state index < -0.39 is 0 Å². The van der Waals surface area contributed by atoms with Crippen LogP contribution in [0.3, 0.4) is 0 Å². The molecule has 2 rings (SSSR count). The van der Waals surface area contributed by atoms with E-state index in [4.69, 9.17) is 4.74 Å². The number of hydrogen-bond acceptors (Lipinski definition) is 2. The highest BCUT2D eigenvalue weighted by atomic mass is 127. The summed E-state index contributed by atoms with van der Waals surface area (Å²) in [7, 11) is 1.85. The first-order chi connectivity index (χ1) is 10.4. The Labute approximate surface area is 153 Å². The van der Waals surface area contributed by atoms with Gasteiger partial charge in [-0.05, 0) is 37.5 Å². The molecule has 0 spiro atoms. The lowest BCUT2D eigenvalue weighted by Gasteiger charge is -2.22. The van der Waals surface area contributed by atoms with Crippen molar-refractivity contribution in [2.45, 2.75) is 57.8 Å². The Hall–Kier alpha value is -0.0400. The first kappa shape index (κ1) is 20.0. The molecule has 130 valence electrons. The fourth-order valence-electron chi connectivity index (χ4n) is 3.01. The van der Waals surface area contributed by atoms with Crippen LogP contribution in [-0.2, 0) is 4.74 Å². The van der Waals surface area contributed by atoms with E-state index in [2.05, 4.69) is 15.6 Å². The Kier molecular flexibility index (Phi) is 11.3. The average Bonchev–Trinajstić information content (AvgIpc) is 3.34. The molecule has 0 aromatic heterocycles. The van der Waals surface area contributed by atoms with Crippen LogP contribution in [0.4, 0.5) is 0 Å². The van der Waals surface area contributed by atoms with Crippen LogP contribution in [-0.4, -0.2) is 39.3 Å². The third kappa shape index (κ3) is 9.18. The second-order valence-corrected chi connectivity index (χ2v) is 6.59. The van der Waals surface area contributed by atoms with Crippen molar-refractivity contribution in [3.8, 4) is 0 Å². The summed E-state index contributed by atoms with van der Waals surface area (Å²) in [5, 5.41) is 6.80. The molecule has 0 bridgehead atoms. The predicted octanol–water partition coefficient (Wildman–Crippen LogP) is 3.56. The van der Waals surface area contributed by atoms with Crippen LogP contribution in [0.25, 0.3) is 0 Å². The van der Waals surface area contributed by atoms with Gasteiger partial charge < -0.3 is 15.4 Å². The SMILES string of the molecule is CN=C(NCCCOCC1CC1)NCCC1CCCCC1.I. The Morgan fingerprint density at radius 1 is 1.00 bits per heavy atom. The van der Waals surface area contributed by atoms with Crippen molar-refractivity contribution in [2.75, 3.05) is 33.4 Å². The standard InChI is InChI=1S/C17H33N3O.HI/c1-18-17(19-11-5-13-21-14-16-8-9-16)20-12-10-15-6-3-2-4-7-15;/h15-16H,2-14H2,1H3,(H2,18,19,20);1H. The van der Waals surface area contributed by atoms with E-state index in [0.29, 0.717) is 0 Å². The zero-order valence-corrected chi connectivity index (χ0v) is 16.4. The number of rotatable bonds is 9. The highest BCUT2D eigenvalue weighted by molar-refractivity contribution is 14.0. The predicted molar refractivity (Wildman–Crippen MR) is 104 cm³/mol. The van der Waals surface area contributed by atoms with Gasteiger partial charge >= 0.3 is 0 Å². The molecule has 0 aromatic carbocycles. The summed E-state index contributed by atoms with van der Waals surface area (Å²) >= 11 is 0. The molecule has 2 saturated carbocycles. The number of halogens is 1. The van der Waals surface area contributed by atoms with Crippen LogP contribution in [0.2, 0.25) is 0 Å². The first-order valence-corrected chi connectivity index (χ1v) is 8.90. The number of ether oxygens (including phenoxy) is 1. The minimum absolute atomic E-state index is 0. The largest absolute Gasteiger partial charge is 0.381 e. The number of aliphatic imine (C=N–C) groups is 1. The lowest BCUT2D eigenvalue weighted by Crippen LogP contribution is -2.39. The van der Waals surface area contributed by atoms with Crippen molar-refractivity contribution < 1.29 is 4.74 Å². The van der Waals surface area contributed by atoms with Crippen LogP contribution in [0.5, 0.6) is 0 Å². The molecular formula is C17H34IN3O. The molecule has 0 saturated heterocycles. The highest BCUT2D eigenvalue weighted by Gasteiger charge is 2.20. The second kappa shape index (κ2) is 12.4. The molecule has 2 N–H and O–H groups in total. The molecule has 0 heterocycles. The quantitative estimate of drug-likeness (QED) is 0.258. The molecule has 0 radical (unpaired) electrons. The summed E-state index contributed by atoms with van der Waals surface area (Å²) in [4.78, 5) is 4.28. The monoisotopic (exact) mass is 423 g/mol. The Morgan fingerprint density at radius 2 is 1.73 bits per heavy atom. The normalized spacial score (nSPS) is 19.6. The van der Waals surface area contributed by atoms with Gasteiger partial charge in [-0.15, -0.1) is 24.0 Å². The van der Waals surface area contributed by atoms with Gasteiger partial charge in [0, 0.05) is 33.4 Å². The van der Waals surface area contributed by atoms with Gasteiger partial charge in [-0.2, -0.15) is 0 Å². The maximum Gasteiger partial charge on any atom is 0.190 e. The van der Waals surface area contributed by atoms with Gasteiger partial charge in [-0.25, -0.2) is 0 Å². The Balaban J connectivity index is 0.00000242. The van der Waals surface area contributed by atoms with E-state index in [1.54, 1.807) is 0 Å². The lowest BCUT2D eigenvalue weighted by molar-refractivity contribution is 0.123. The van der Waals surface area contributed by atoms with E-state index in [-0.39, 0.29) is 24.0 Å². The molecule has 2 aliphatic carbocycles. The zero-order valence-electron chi connectivity index (χ0n) is 14.1. The maximum atomic E-state index is 5.63. The summed E-state index contributed by atoms with van der Waals surface area (Å²) in [6, 6.07) is 0. The Bertz CT molecular complexity index is 302. The van der Waals surface area contributed by atoms with E-state index in [0.717, 1.165) is 50.5 Å². The maximum absolute atomic E-state index is 5.63. The van der Waals surface area contributed by atoms with Crippen LogP contribution < -0.4 is 10.6 Å². The van der Waals surface area contributed by atoms with Crippen LogP contribution >= 0.6 is 24.0 Å². The number of hydrogen-bond donors (Lipinski definition) is 2. The van der Waals surface area contributed by atoms with Crippen molar-refractivity contribution in [3.63, 3.8) is 0 Å². The topological polar surface area (TPSA) is 45.7 Å². The van der Waals surface area contributed by atoms with E-state index in [1.165, 1.54) is 51.4 Å². The van der Waals surface area contributed by atoms with Gasteiger partial charge in [-0.3, -0.25) is 4.99 Å². The summed E-state index contributed by atoms with van der Waals surface area (Å²) in [6.45, 7) is 3.81. The fourth-order valence-corrected chi connectivity index (χ4v) is 3.01. The molecule has 0 unspecified atom stereocenters. The van der Waals surface area contributed by atoms with E-state index in [1.807, 2.05) is 7.05 Å². The Morgan fingerprint density at radius 3 is 2.41 bits per heavy atom. The third-order valence-corrected chi connectivity index (χ3v) is 4.60. The smallest absolute Gasteiger partial charge is 0.190 e. The summed E-state index contributed by atoms with van der Waals surface area (Å²) < 4.78 is 5.63. The van der Waals surface area contributed by atoms with Crippen LogP contribution in [0.1, 0.15) is 57.8 Å². The molecule has 0 aliphatic heterocycles. The molecule has 0 atom stereocenters.